The van der Waals surface area contributed by atoms with Crippen LogP contribution in [0.15, 0.2) is 48.8 Å². The molecular weight excluding hydrogens is 786 g/mol. The molecule has 0 aliphatic carbocycles. The summed E-state index contributed by atoms with van der Waals surface area (Å²) in [5, 5.41) is 5.82. The van der Waals surface area contributed by atoms with Crippen molar-refractivity contribution in [1.82, 2.24) is 44.9 Å². The Morgan fingerprint density at radius 1 is 0.770 bits per heavy atom. The minimum Gasteiger partial charge on any atom is -0.491 e. The number of carbonyl (C=O) groups is 4. The van der Waals surface area contributed by atoms with Crippen molar-refractivity contribution < 1.29 is 37.8 Å². The van der Waals surface area contributed by atoms with Gasteiger partial charge in [-0.3, -0.25) is 9.59 Å². The zero-order valence-electron chi connectivity index (χ0n) is 35.2. The molecule has 0 spiro atoms. The van der Waals surface area contributed by atoms with E-state index in [-0.39, 0.29) is 41.6 Å². The second kappa shape index (κ2) is 16.9. The number of H-pyrrole nitrogens is 2. The van der Waals surface area contributed by atoms with Crippen molar-refractivity contribution in [3.05, 3.63) is 66.3 Å². The van der Waals surface area contributed by atoms with E-state index in [2.05, 4.69) is 30.6 Å². The highest BCUT2D eigenvalue weighted by atomic mass is 19.1. The molecule has 0 unspecified atom stereocenters. The number of nitrogens with one attached hydrogen (secondary N) is 4. The highest BCUT2D eigenvalue weighted by molar-refractivity contribution is 5.93. The van der Waals surface area contributed by atoms with Crippen molar-refractivity contribution in [3.63, 3.8) is 0 Å². The third-order valence-corrected chi connectivity index (χ3v) is 12.1. The Morgan fingerprint density at radius 3 is 1.82 bits per heavy atom. The van der Waals surface area contributed by atoms with Crippen LogP contribution in [-0.4, -0.2) is 104 Å². The number of fused-ring (bicyclic) bond motifs is 5. The van der Waals surface area contributed by atoms with E-state index < -0.39 is 24.3 Å². The summed E-state index contributed by atoms with van der Waals surface area (Å²) < 4.78 is 34.5. The smallest absolute Gasteiger partial charge is 0.407 e. The number of benzene rings is 2. The number of hydrogen-bond donors (Lipinski definition) is 4. The van der Waals surface area contributed by atoms with Gasteiger partial charge in [-0.15, -0.1) is 0 Å². The van der Waals surface area contributed by atoms with Gasteiger partial charge in [0.2, 0.25) is 11.8 Å². The van der Waals surface area contributed by atoms with Crippen LogP contribution in [0.4, 0.5) is 14.0 Å². The molecule has 5 aromatic rings. The molecule has 3 aromatic heterocycles. The topological polar surface area (TPSA) is 189 Å². The maximum atomic E-state index is 16.7. The minimum atomic E-state index is -0.743. The number of imidazole rings is 2. The predicted molar refractivity (Wildman–Crippen MR) is 224 cm³/mol. The van der Waals surface area contributed by atoms with E-state index in [1.165, 1.54) is 14.2 Å². The van der Waals surface area contributed by atoms with Crippen LogP contribution in [0, 0.1) is 17.7 Å². The van der Waals surface area contributed by atoms with Gasteiger partial charge in [-0.25, -0.2) is 23.9 Å². The number of carbonyl (C=O) groups excluding carboxylic acids is 4. The average Bonchev–Trinajstić information content (AvgIpc) is 4.11. The fraction of sp³-hybridized carbons (Fsp3) is 0.455. The van der Waals surface area contributed by atoms with Crippen LogP contribution >= 0.6 is 0 Å². The maximum Gasteiger partial charge on any atom is 0.407 e. The molecule has 6 heterocycles. The zero-order valence-corrected chi connectivity index (χ0v) is 35.2. The number of alkyl carbamates (subject to hydrolysis) is 2. The van der Waals surface area contributed by atoms with Crippen LogP contribution in [0.1, 0.15) is 77.1 Å². The van der Waals surface area contributed by atoms with E-state index in [4.69, 9.17) is 14.2 Å². The third kappa shape index (κ3) is 7.76. The van der Waals surface area contributed by atoms with E-state index >= 15 is 4.39 Å². The molecule has 4 amide bonds. The molecule has 17 heteroatoms. The second-order valence-corrected chi connectivity index (χ2v) is 16.6. The molecular formula is C44H52FN9O7. The van der Waals surface area contributed by atoms with E-state index in [1.807, 2.05) is 68.7 Å². The van der Waals surface area contributed by atoms with Crippen molar-refractivity contribution >= 4 is 34.9 Å². The van der Waals surface area contributed by atoms with E-state index in [1.54, 1.807) is 22.2 Å². The molecule has 61 heavy (non-hydrogen) atoms. The molecule has 0 saturated carbocycles. The SMILES string of the molecule is COC(=O)N[C@H](C(=O)N1CCC[C@@H]1c1ncc(-c2ccc3c(c2)c(F)c2n3CCOc3cc(-c4cnc([C@@H]5CCCN5C(=O)[C@@H](NC(=O)OC)C(C)C)[nH]4)ccc3-2)[nH]1)C(C)C. The summed E-state index contributed by atoms with van der Waals surface area (Å²) in [4.78, 5) is 71.1. The first-order valence-electron chi connectivity index (χ1n) is 20.9. The van der Waals surface area contributed by atoms with Crippen LogP contribution < -0.4 is 15.4 Å². The van der Waals surface area contributed by atoms with Crippen molar-refractivity contribution in [2.24, 2.45) is 11.8 Å². The lowest BCUT2D eigenvalue weighted by Crippen LogP contribution is -2.51. The quantitative estimate of drug-likeness (QED) is 0.119. The van der Waals surface area contributed by atoms with Crippen LogP contribution in [0.2, 0.25) is 0 Å². The Morgan fingerprint density at radius 2 is 1.30 bits per heavy atom. The van der Waals surface area contributed by atoms with E-state index in [0.717, 1.165) is 41.6 Å². The summed E-state index contributed by atoms with van der Waals surface area (Å²) in [6.07, 6.45) is 5.15. The Kier molecular flexibility index (Phi) is 11.5. The number of rotatable bonds is 10. The van der Waals surface area contributed by atoms with Gasteiger partial charge in [0.25, 0.3) is 0 Å². The largest absolute Gasteiger partial charge is 0.491 e. The molecule has 2 fully saturated rings. The van der Waals surface area contributed by atoms with Crippen LogP contribution in [0.25, 0.3) is 44.7 Å². The number of aromatic nitrogens is 5. The molecule has 16 nitrogen and oxygen atoms in total. The fourth-order valence-electron chi connectivity index (χ4n) is 8.92. The molecule has 8 rings (SSSR count). The van der Waals surface area contributed by atoms with Crippen molar-refractivity contribution in [3.8, 4) is 39.5 Å². The monoisotopic (exact) mass is 837 g/mol. The van der Waals surface area contributed by atoms with Crippen LogP contribution in [0.3, 0.4) is 0 Å². The number of hydrogen-bond acceptors (Lipinski definition) is 9. The summed E-state index contributed by atoms with van der Waals surface area (Å²) in [5.41, 5.74) is 4.76. The first-order chi connectivity index (χ1) is 29.4. The van der Waals surface area contributed by atoms with Crippen LogP contribution in [0.5, 0.6) is 5.75 Å². The summed E-state index contributed by atoms with van der Waals surface area (Å²) >= 11 is 0. The highest BCUT2D eigenvalue weighted by Crippen LogP contribution is 2.42. The molecule has 0 bridgehead atoms. The molecule has 3 aliphatic heterocycles. The first-order valence-corrected chi connectivity index (χ1v) is 20.9. The van der Waals surface area contributed by atoms with Crippen molar-refractivity contribution in [2.75, 3.05) is 33.9 Å². The number of aromatic amines is 2. The summed E-state index contributed by atoms with van der Waals surface area (Å²) in [5.74, 6) is 0.769. The maximum absolute atomic E-state index is 16.7. The highest BCUT2D eigenvalue weighted by Gasteiger charge is 2.39. The lowest BCUT2D eigenvalue weighted by molar-refractivity contribution is -0.136. The normalized spacial score (nSPS) is 18.4. The van der Waals surface area contributed by atoms with E-state index in [0.29, 0.717) is 72.4 Å². The average molecular weight is 838 g/mol. The third-order valence-electron chi connectivity index (χ3n) is 12.1. The van der Waals surface area contributed by atoms with Crippen molar-refractivity contribution in [1.29, 1.82) is 0 Å². The summed E-state index contributed by atoms with van der Waals surface area (Å²) in [7, 11) is 2.54. The minimum absolute atomic E-state index is 0.147. The molecule has 3 aliphatic rings. The van der Waals surface area contributed by atoms with Crippen molar-refractivity contribution in [2.45, 2.75) is 84.1 Å². The van der Waals surface area contributed by atoms with Gasteiger partial charge in [0, 0.05) is 35.2 Å². The molecule has 2 aromatic carbocycles. The van der Waals surface area contributed by atoms with Gasteiger partial charge in [-0.2, -0.15) is 0 Å². The Labute approximate surface area is 352 Å². The number of nitrogens with zero attached hydrogens (tertiary/aromatic N) is 5. The van der Waals surface area contributed by atoms with Gasteiger partial charge in [0.05, 0.1) is 67.8 Å². The Balaban J connectivity index is 1.03. The second-order valence-electron chi connectivity index (χ2n) is 16.6. The predicted octanol–water partition coefficient (Wildman–Crippen LogP) is 6.71. The summed E-state index contributed by atoms with van der Waals surface area (Å²) in [6, 6.07) is 9.25. The summed E-state index contributed by atoms with van der Waals surface area (Å²) in [6.45, 7) is 9.34. The Hall–Kier alpha value is -6.39. The van der Waals surface area contributed by atoms with E-state index in [9.17, 15) is 19.2 Å². The van der Waals surface area contributed by atoms with Gasteiger partial charge in [-0.1, -0.05) is 39.8 Å². The van der Waals surface area contributed by atoms with Gasteiger partial charge in [-0.05, 0) is 61.8 Å². The number of ether oxygens (including phenoxy) is 3. The fourth-order valence-corrected chi connectivity index (χ4v) is 8.92. The van der Waals surface area contributed by atoms with Gasteiger partial charge in [0.1, 0.15) is 36.1 Å². The number of amides is 4. The van der Waals surface area contributed by atoms with Gasteiger partial charge >= 0.3 is 12.2 Å². The van der Waals surface area contributed by atoms with Gasteiger partial charge < -0.3 is 49.2 Å². The molecule has 322 valence electrons. The lowest BCUT2D eigenvalue weighted by atomic mass is 10.0. The molecule has 2 saturated heterocycles. The number of methoxy groups -OCH3 is 2. The van der Waals surface area contributed by atoms with Crippen LogP contribution in [-0.2, 0) is 25.6 Å². The number of likely N-dealkylation sites (tertiary alicyclic amines) is 2. The zero-order chi connectivity index (χ0) is 43.1. The molecule has 4 N–H and O–H groups in total. The first kappa shape index (κ1) is 41.3. The standard InChI is InChI=1S/C44H52FN9O7/c1-23(2)36(50-43(57)59-5)41(55)53-15-7-9-32(53)39-46-21-29(48-39)25-12-14-31-28(19-25)35(45)38-27-13-11-26(20-34(27)61-18-17-52(31)38)30-22-47-40(49-30)33-10-8-16-54(33)42(56)37(24(3)4)51-44(58)60-6/h11-14,19-24,32-33,36-37H,7-10,15-18H2,1-6H3,(H,46,48)(H,47,49)(H,50,57)(H,51,58)/t32-,33+,36+,37+/m1/s1. The Bertz CT molecular complexity index is 2470. The molecule has 0 radical (unpaired) electrons. The lowest BCUT2D eigenvalue weighted by Gasteiger charge is -2.30. The number of halogens is 1. The molecule has 4 atom stereocenters. The van der Waals surface area contributed by atoms with Gasteiger partial charge in [0.15, 0.2) is 5.82 Å².